The first-order chi connectivity index (χ1) is 13.2. The highest BCUT2D eigenvalue weighted by Crippen LogP contribution is 2.29. The third-order valence-electron chi connectivity index (χ3n) is 5.49. The second-order valence-corrected chi connectivity index (χ2v) is 7.24. The van der Waals surface area contributed by atoms with Crippen molar-refractivity contribution in [3.8, 4) is 0 Å². The van der Waals surface area contributed by atoms with Gasteiger partial charge in [-0.3, -0.25) is 9.78 Å². The Bertz CT molecular complexity index is 769. The van der Waals surface area contributed by atoms with E-state index in [2.05, 4.69) is 9.88 Å². The molecule has 2 saturated heterocycles. The lowest BCUT2D eigenvalue weighted by atomic mass is 9.90. The molecule has 0 N–H and O–H groups in total. The van der Waals surface area contributed by atoms with Crippen LogP contribution in [0.15, 0.2) is 48.8 Å². The van der Waals surface area contributed by atoms with Crippen LogP contribution in [0.25, 0.3) is 0 Å². The Hall–Kier alpha value is -2.47. The van der Waals surface area contributed by atoms with Gasteiger partial charge in [-0.1, -0.05) is 6.07 Å². The van der Waals surface area contributed by atoms with Crippen LogP contribution in [0.3, 0.4) is 0 Å². The number of pyridine rings is 1. The zero-order chi connectivity index (χ0) is 18.6. The molecule has 0 radical (unpaired) electrons. The summed E-state index contributed by atoms with van der Waals surface area (Å²) in [4.78, 5) is 21.1. The Morgan fingerprint density at radius 1 is 1.22 bits per heavy atom. The summed E-state index contributed by atoms with van der Waals surface area (Å²) in [7, 11) is 0. The second kappa shape index (κ2) is 8.05. The van der Waals surface area contributed by atoms with Crippen LogP contribution >= 0.6 is 0 Å². The lowest BCUT2D eigenvalue weighted by Crippen LogP contribution is -2.53. The molecule has 1 aromatic heterocycles. The third-order valence-corrected chi connectivity index (χ3v) is 5.49. The maximum absolute atomic E-state index is 13.3. The number of halogens is 1. The van der Waals surface area contributed by atoms with Crippen LogP contribution in [0.4, 0.5) is 10.1 Å². The van der Waals surface area contributed by atoms with E-state index < -0.39 is 0 Å². The highest BCUT2D eigenvalue weighted by Gasteiger charge is 2.36. The van der Waals surface area contributed by atoms with E-state index in [4.69, 9.17) is 4.74 Å². The molecule has 2 aromatic rings. The molecule has 2 atom stereocenters. The van der Waals surface area contributed by atoms with Gasteiger partial charge in [-0.25, -0.2) is 4.39 Å². The molecule has 1 aromatic carbocycles. The molecule has 6 heteroatoms. The molecule has 142 valence electrons. The fraction of sp³-hybridized carbons (Fsp3) is 0.429. The number of carbonyl (C=O) groups excluding carboxylic acids is 1. The summed E-state index contributed by atoms with van der Waals surface area (Å²) < 4.78 is 19.1. The summed E-state index contributed by atoms with van der Waals surface area (Å²) in [6, 6.07) is 10.8. The Labute approximate surface area is 158 Å². The second-order valence-electron chi connectivity index (χ2n) is 7.24. The van der Waals surface area contributed by atoms with Gasteiger partial charge in [0, 0.05) is 49.7 Å². The minimum Gasteiger partial charge on any atom is -0.379 e. The van der Waals surface area contributed by atoms with Crippen LogP contribution in [0, 0.1) is 11.7 Å². The minimum absolute atomic E-state index is 0.138. The average molecular weight is 369 g/mol. The van der Waals surface area contributed by atoms with Gasteiger partial charge < -0.3 is 14.5 Å². The van der Waals surface area contributed by atoms with Crippen molar-refractivity contribution in [1.82, 2.24) is 9.88 Å². The van der Waals surface area contributed by atoms with E-state index in [0.29, 0.717) is 32.2 Å². The van der Waals surface area contributed by atoms with Gasteiger partial charge in [0.25, 0.3) is 0 Å². The summed E-state index contributed by atoms with van der Waals surface area (Å²) in [5.41, 5.74) is 1.96. The number of hydrogen-bond donors (Lipinski definition) is 0. The van der Waals surface area contributed by atoms with Gasteiger partial charge in [-0.15, -0.1) is 0 Å². The number of hydrogen-bond acceptors (Lipinski definition) is 4. The predicted octanol–water partition coefficient (Wildman–Crippen LogP) is 2.52. The first kappa shape index (κ1) is 17.9. The molecular formula is C21H24FN3O2. The lowest BCUT2D eigenvalue weighted by molar-refractivity contribution is -0.132. The highest BCUT2D eigenvalue weighted by atomic mass is 19.1. The number of fused-ring (bicyclic) bond motifs is 1. The fourth-order valence-electron chi connectivity index (χ4n) is 4.13. The molecule has 2 aliphatic heterocycles. The van der Waals surface area contributed by atoms with Crippen molar-refractivity contribution < 1.29 is 13.9 Å². The van der Waals surface area contributed by atoms with Crippen molar-refractivity contribution in [2.24, 2.45) is 5.92 Å². The lowest BCUT2D eigenvalue weighted by Gasteiger charge is -2.43. The summed E-state index contributed by atoms with van der Waals surface area (Å²) >= 11 is 0. The molecule has 0 spiro atoms. The van der Waals surface area contributed by atoms with E-state index in [1.54, 1.807) is 12.4 Å². The van der Waals surface area contributed by atoms with E-state index in [9.17, 15) is 9.18 Å². The van der Waals surface area contributed by atoms with Crippen molar-refractivity contribution in [2.45, 2.75) is 18.9 Å². The number of anilines is 1. The standard InChI is InChI=1S/C21H24FN3O2/c22-18-3-5-19(6-4-18)25-10-11-27-15-17-14-24(9-7-20(17)25)21(26)12-16-2-1-8-23-13-16/h1-6,8,13,17,20H,7,9-12,14-15H2/t17-,20+/m1/s1. The highest BCUT2D eigenvalue weighted by molar-refractivity contribution is 5.78. The maximum atomic E-state index is 13.3. The zero-order valence-corrected chi connectivity index (χ0v) is 15.3. The number of ether oxygens (including phenoxy) is 1. The predicted molar refractivity (Wildman–Crippen MR) is 101 cm³/mol. The third kappa shape index (κ3) is 4.11. The minimum atomic E-state index is -0.225. The number of carbonyl (C=O) groups is 1. The number of amides is 1. The summed E-state index contributed by atoms with van der Waals surface area (Å²) in [5.74, 6) is 0.167. The van der Waals surface area contributed by atoms with Crippen molar-refractivity contribution in [3.63, 3.8) is 0 Å². The van der Waals surface area contributed by atoms with Gasteiger partial charge in [0.1, 0.15) is 5.82 Å². The summed E-state index contributed by atoms with van der Waals surface area (Å²) in [6.07, 6.45) is 4.74. The molecule has 0 unspecified atom stereocenters. The smallest absolute Gasteiger partial charge is 0.227 e. The molecule has 2 fully saturated rings. The van der Waals surface area contributed by atoms with Crippen molar-refractivity contribution in [2.75, 3.05) is 37.7 Å². The molecule has 1 amide bonds. The summed E-state index contributed by atoms with van der Waals surface area (Å²) in [6.45, 7) is 3.52. The number of rotatable bonds is 3. The molecular weight excluding hydrogens is 345 g/mol. The van der Waals surface area contributed by atoms with Gasteiger partial charge in [0.05, 0.1) is 19.6 Å². The summed E-state index contributed by atoms with van der Waals surface area (Å²) in [5, 5.41) is 0. The van der Waals surface area contributed by atoms with Gasteiger partial charge >= 0.3 is 0 Å². The van der Waals surface area contributed by atoms with Gasteiger partial charge in [0.2, 0.25) is 5.91 Å². The van der Waals surface area contributed by atoms with Crippen LogP contribution < -0.4 is 4.90 Å². The Morgan fingerprint density at radius 3 is 2.85 bits per heavy atom. The van der Waals surface area contributed by atoms with E-state index >= 15 is 0 Å². The van der Waals surface area contributed by atoms with Crippen LogP contribution in [-0.4, -0.2) is 54.7 Å². The molecule has 0 bridgehead atoms. The molecule has 27 heavy (non-hydrogen) atoms. The van der Waals surface area contributed by atoms with E-state index in [-0.39, 0.29) is 17.6 Å². The van der Waals surface area contributed by atoms with E-state index in [1.165, 1.54) is 12.1 Å². The number of aromatic nitrogens is 1. The average Bonchev–Trinajstić information content (AvgIpc) is 2.91. The van der Waals surface area contributed by atoms with Crippen LogP contribution in [0.2, 0.25) is 0 Å². The van der Waals surface area contributed by atoms with Crippen molar-refractivity contribution >= 4 is 11.6 Å². The molecule has 0 aliphatic carbocycles. The molecule has 0 saturated carbocycles. The largest absolute Gasteiger partial charge is 0.379 e. The van der Waals surface area contributed by atoms with Crippen LogP contribution in [0.1, 0.15) is 12.0 Å². The quantitative estimate of drug-likeness (QED) is 0.834. The van der Waals surface area contributed by atoms with E-state index in [0.717, 1.165) is 30.8 Å². The molecule has 5 nitrogen and oxygen atoms in total. The normalized spacial score (nSPS) is 22.9. The first-order valence-corrected chi connectivity index (χ1v) is 9.47. The van der Waals surface area contributed by atoms with Gasteiger partial charge in [0.15, 0.2) is 0 Å². The van der Waals surface area contributed by atoms with Gasteiger partial charge in [-0.2, -0.15) is 0 Å². The SMILES string of the molecule is O=C(Cc1cccnc1)N1CC[C@H]2[C@@H](COCCN2c2ccc(F)cc2)C1. The number of likely N-dealkylation sites (tertiary alicyclic amines) is 1. The molecule has 4 rings (SSSR count). The zero-order valence-electron chi connectivity index (χ0n) is 15.3. The molecule has 3 heterocycles. The fourth-order valence-corrected chi connectivity index (χ4v) is 4.13. The Morgan fingerprint density at radius 2 is 2.07 bits per heavy atom. The number of benzene rings is 1. The van der Waals surface area contributed by atoms with Crippen molar-refractivity contribution in [3.05, 3.63) is 60.2 Å². The van der Waals surface area contributed by atoms with Crippen molar-refractivity contribution in [1.29, 1.82) is 0 Å². The first-order valence-electron chi connectivity index (χ1n) is 9.47. The monoisotopic (exact) mass is 369 g/mol. The maximum Gasteiger partial charge on any atom is 0.227 e. The molecule has 2 aliphatic rings. The number of nitrogens with zero attached hydrogens (tertiary/aromatic N) is 3. The van der Waals surface area contributed by atoms with Crippen LogP contribution in [-0.2, 0) is 16.0 Å². The number of piperidine rings is 1. The van der Waals surface area contributed by atoms with E-state index in [1.807, 2.05) is 29.2 Å². The Kier molecular flexibility index (Phi) is 5.34. The van der Waals surface area contributed by atoms with Crippen LogP contribution in [0.5, 0.6) is 0 Å². The topological polar surface area (TPSA) is 45.7 Å². The Balaban J connectivity index is 1.45. The van der Waals surface area contributed by atoms with Gasteiger partial charge in [-0.05, 0) is 42.3 Å².